The molecule has 190 valence electrons. The molecule has 4 aromatic rings. The van der Waals surface area contributed by atoms with Crippen LogP contribution in [0.15, 0.2) is 97.2 Å². The van der Waals surface area contributed by atoms with Gasteiger partial charge in [0, 0.05) is 13.5 Å². The van der Waals surface area contributed by atoms with Crippen molar-refractivity contribution < 1.29 is 14.3 Å². The molecule has 0 aliphatic heterocycles. The zero-order chi connectivity index (χ0) is 26.1. The van der Waals surface area contributed by atoms with Crippen molar-refractivity contribution in [1.29, 1.82) is 0 Å². The number of ether oxygens (including phenoxy) is 1. The SMILES string of the molecule is Cn1ncc(NC(=O)CCCCOC(N)=O)c1NC(c1ccccc1)(c1ccccc1)c1ccccc1. The number of nitrogens with zero attached hydrogens (tertiary/aromatic N) is 2. The number of primary amides is 1. The van der Waals surface area contributed by atoms with Crippen LogP contribution in [0.4, 0.5) is 16.3 Å². The number of aromatic nitrogens is 2. The van der Waals surface area contributed by atoms with E-state index in [0.29, 0.717) is 24.3 Å². The van der Waals surface area contributed by atoms with E-state index in [1.807, 2.05) is 61.6 Å². The topological polar surface area (TPSA) is 111 Å². The zero-order valence-corrected chi connectivity index (χ0v) is 20.8. The minimum Gasteiger partial charge on any atom is -0.450 e. The highest BCUT2D eigenvalue weighted by atomic mass is 16.5. The Morgan fingerprint density at radius 3 is 1.86 bits per heavy atom. The van der Waals surface area contributed by atoms with Crippen LogP contribution in [0.25, 0.3) is 0 Å². The first-order valence-electron chi connectivity index (χ1n) is 12.2. The highest BCUT2D eigenvalue weighted by Gasteiger charge is 2.37. The molecule has 1 heterocycles. The quantitative estimate of drug-likeness (QED) is 0.199. The summed E-state index contributed by atoms with van der Waals surface area (Å²) in [5.74, 6) is 0.516. The zero-order valence-electron chi connectivity index (χ0n) is 20.8. The number of rotatable bonds is 11. The molecule has 0 atom stereocenters. The van der Waals surface area contributed by atoms with Gasteiger partial charge in [-0.15, -0.1) is 0 Å². The Morgan fingerprint density at radius 1 is 0.865 bits per heavy atom. The molecule has 3 aromatic carbocycles. The third-order valence-corrected chi connectivity index (χ3v) is 6.18. The Hall–Kier alpha value is -4.59. The standard InChI is InChI=1S/C29H31N5O3/c1-34-27(25(21-31-34)32-26(35)19-11-12-20-37-28(30)36)33-29(22-13-5-2-6-14-22,23-15-7-3-8-16-23)24-17-9-4-10-18-24/h2-10,13-18,21,33H,11-12,19-20H2,1H3,(H2,30,36)(H,32,35). The van der Waals surface area contributed by atoms with Crippen molar-refractivity contribution in [2.24, 2.45) is 12.8 Å². The van der Waals surface area contributed by atoms with Gasteiger partial charge in [-0.05, 0) is 29.5 Å². The van der Waals surface area contributed by atoms with Crippen LogP contribution in [0.1, 0.15) is 36.0 Å². The van der Waals surface area contributed by atoms with Gasteiger partial charge in [0.05, 0.1) is 12.8 Å². The normalized spacial score (nSPS) is 11.1. The largest absolute Gasteiger partial charge is 0.450 e. The molecule has 0 saturated carbocycles. The van der Waals surface area contributed by atoms with Crippen molar-refractivity contribution in [3.63, 3.8) is 0 Å². The number of anilines is 2. The minimum atomic E-state index is -0.811. The van der Waals surface area contributed by atoms with Gasteiger partial charge in [-0.2, -0.15) is 5.10 Å². The predicted molar refractivity (Wildman–Crippen MR) is 144 cm³/mol. The minimum absolute atomic E-state index is 0.153. The molecule has 0 saturated heterocycles. The third-order valence-electron chi connectivity index (χ3n) is 6.18. The van der Waals surface area contributed by atoms with Gasteiger partial charge in [0.1, 0.15) is 17.0 Å². The maximum absolute atomic E-state index is 12.7. The van der Waals surface area contributed by atoms with Crippen LogP contribution in [-0.4, -0.2) is 28.4 Å². The van der Waals surface area contributed by atoms with Gasteiger partial charge < -0.3 is 21.1 Å². The van der Waals surface area contributed by atoms with Crippen LogP contribution in [0.5, 0.6) is 0 Å². The summed E-state index contributed by atoms with van der Waals surface area (Å²) >= 11 is 0. The maximum atomic E-state index is 12.7. The lowest BCUT2D eigenvalue weighted by molar-refractivity contribution is -0.116. The van der Waals surface area contributed by atoms with Crippen molar-refractivity contribution in [2.75, 3.05) is 17.2 Å². The average Bonchev–Trinajstić information content (AvgIpc) is 3.26. The fourth-order valence-electron chi connectivity index (χ4n) is 4.41. The van der Waals surface area contributed by atoms with Crippen LogP contribution in [0.2, 0.25) is 0 Å². The highest BCUT2D eigenvalue weighted by Crippen LogP contribution is 2.41. The van der Waals surface area contributed by atoms with Gasteiger partial charge in [-0.1, -0.05) is 91.0 Å². The second kappa shape index (κ2) is 11.9. The lowest BCUT2D eigenvalue weighted by Crippen LogP contribution is -2.39. The van der Waals surface area contributed by atoms with Gasteiger partial charge >= 0.3 is 6.09 Å². The Morgan fingerprint density at radius 2 is 1.38 bits per heavy atom. The van der Waals surface area contributed by atoms with E-state index in [2.05, 4.69) is 52.1 Å². The van der Waals surface area contributed by atoms with E-state index >= 15 is 0 Å². The molecule has 0 bridgehead atoms. The molecule has 0 fully saturated rings. The van der Waals surface area contributed by atoms with Gasteiger partial charge in [0.15, 0.2) is 0 Å². The summed E-state index contributed by atoms with van der Waals surface area (Å²) in [6.45, 7) is 0.191. The average molecular weight is 498 g/mol. The fourth-order valence-corrected chi connectivity index (χ4v) is 4.41. The van der Waals surface area contributed by atoms with Crippen LogP contribution in [0.3, 0.4) is 0 Å². The first-order chi connectivity index (χ1) is 18.0. The molecule has 0 radical (unpaired) electrons. The number of hydrogen-bond donors (Lipinski definition) is 3. The van der Waals surface area contributed by atoms with Crippen molar-refractivity contribution in [3.05, 3.63) is 114 Å². The summed E-state index contributed by atoms with van der Waals surface area (Å²) in [5.41, 5.74) is 7.92. The van der Waals surface area contributed by atoms with E-state index in [4.69, 9.17) is 10.5 Å². The maximum Gasteiger partial charge on any atom is 0.404 e. The smallest absolute Gasteiger partial charge is 0.404 e. The van der Waals surface area contributed by atoms with E-state index in [0.717, 1.165) is 16.7 Å². The number of carbonyl (C=O) groups is 2. The Labute approximate surface area is 216 Å². The molecule has 0 aliphatic carbocycles. The van der Waals surface area contributed by atoms with Crippen LogP contribution in [-0.2, 0) is 22.1 Å². The number of nitrogens with two attached hydrogens (primary N) is 1. The van der Waals surface area contributed by atoms with Gasteiger partial charge in [0.2, 0.25) is 5.91 Å². The second-order valence-corrected chi connectivity index (χ2v) is 8.68. The summed E-state index contributed by atoms with van der Waals surface area (Å²) < 4.78 is 6.45. The molecule has 8 nitrogen and oxygen atoms in total. The number of aryl methyl sites for hydroxylation is 1. The van der Waals surface area contributed by atoms with Crippen molar-refractivity contribution in [3.8, 4) is 0 Å². The van der Waals surface area contributed by atoms with E-state index < -0.39 is 11.6 Å². The first kappa shape index (κ1) is 25.5. The van der Waals surface area contributed by atoms with E-state index in [-0.39, 0.29) is 18.9 Å². The molecular formula is C29H31N5O3. The van der Waals surface area contributed by atoms with Crippen LogP contribution in [0, 0.1) is 0 Å². The van der Waals surface area contributed by atoms with Crippen LogP contribution >= 0.6 is 0 Å². The number of unbranched alkanes of at least 4 members (excludes halogenated alkanes) is 1. The van der Waals surface area contributed by atoms with Crippen LogP contribution < -0.4 is 16.4 Å². The number of benzene rings is 3. The molecule has 8 heteroatoms. The number of carbonyl (C=O) groups excluding carboxylic acids is 2. The highest BCUT2D eigenvalue weighted by molar-refractivity contribution is 5.93. The van der Waals surface area contributed by atoms with Crippen molar-refractivity contribution >= 4 is 23.5 Å². The summed E-state index contributed by atoms with van der Waals surface area (Å²) in [7, 11) is 1.84. The van der Waals surface area contributed by atoms with Crippen molar-refractivity contribution in [2.45, 2.75) is 24.8 Å². The Bertz CT molecular complexity index is 1210. The molecule has 37 heavy (non-hydrogen) atoms. The van der Waals surface area contributed by atoms with E-state index in [9.17, 15) is 9.59 Å². The predicted octanol–water partition coefficient (Wildman–Crippen LogP) is 5.03. The number of hydrogen-bond acceptors (Lipinski definition) is 5. The fraction of sp³-hybridized carbons (Fsp3) is 0.207. The molecule has 4 N–H and O–H groups in total. The lowest BCUT2D eigenvalue weighted by Gasteiger charge is -2.38. The molecule has 1 aromatic heterocycles. The summed E-state index contributed by atoms with van der Waals surface area (Å²) in [5, 5.41) is 11.2. The second-order valence-electron chi connectivity index (χ2n) is 8.68. The molecule has 4 rings (SSSR count). The van der Waals surface area contributed by atoms with Crippen molar-refractivity contribution in [1.82, 2.24) is 9.78 Å². The van der Waals surface area contributed by atoms with E-state index in [1.165, 1.54) is 0 Å². The number of nitrogens with one attached hydrogen (secondary N) is 2. The summed E-state index contributed by atoms with van der Waals surface area (Å²) in [6, 6.07) is 30.7. The monoisotopic (exact) mass is 497 g/mol. The van der Waals surface area contributed by atoms with E-state index in [1.54, 1.807) is 10.9 Å². The molecular weight excluding hydrogens is 466 g/mol. The summed E-state index contributed by atoms with van der Waals surface area (Å²) in [6.07, 6.45) is 2.21. The lowest BCUT2D eigenvalue weighted by atomic mass is 9.77. The number of amides is 2. The van der Waals surface area contributed by atoms with Gasteiger partial charge in [0.25, 0.3) is 0 Å². The Kier molecular flexibility index (Phi) is 8.20. The first-order valence-corrected chi connectivity index (χ1v) is 12.2. The molecule has 0 spiro atoms. The molecule has 2 amide bonds. The van der Waals surface area contributed by atoms with Gasteiger partial charge in [-0.3, -0.25) is 9.48 Å². The summed E-state index contributed by atoms with van der Waals surface area (Å²) in [4.78, 5) is 23.4. The molecule has 0 aliphatic rings. The third kappa shape index (κ3) is 5.98. The van der Waals surface area contributed by atoms with Gasteiger partial charge in [-0.25, -0.2) is 4.79 Å². The Balaban J connectivity index is 1.68. The molecule has 0 unspecified atom stereocenters.